The van der Waals surface area contributed by atoms with E-state index in [0.29, 0.717) is 6.42 Å². The van der Waals surface area contributed by atoms with Crippen LogP contribution in [0.3, 0.4) is 0 Å². The molecule has 0 saturated carbocycles. The zero-order chi connectivity index (χ0) is 64.8. The van der Waals surface area contributed by atoms with Crippen LogP contribution in [0.5, 0.6) is 0 Å². The van der Waals surface area contributed by atoms with Gasteiger partial charge in [-0.3, -0.25) is 57.5 Å². The first-order valence-electron chi connectivity index (χ1n) is 28.5. The van der Waals surface area contributed by atoms with Crippen molar-refractivity contribution in [3.05, 3.63) is 35.9 Å². The number of nitrogens with two attached hydrogens (primary N) is 2. The highest BCUT2D eigenvalue weighted by Crippen LogP contribution is 2.14. The summed E-state index contributed by atoms with van der Waals surface area (Å²) in [6.45, 7) is 14.5. The standard InChI is InChI=1S/C56H91N11O18/c1-28(2)25-39(63-47(75)34(58)27-33-15-11-10-12-16-33)52(80)64-40(26-29(3)4)53(81)65-44(30(5)6)54(82)61-38(20-23-43(73)74)51(79)67-46(32(9)68)55(83)62-36(18-21-41(69)70)49(77)59-35(17-13-14-24-57)48(76)60-37(19-22-42(71)72)50(78)66-45(31(7)8)56(84)85/h10-12,15-16,28-32,34-40,44-46,68H,13-14,17-27,57-58H2,1-9H3,(H,59,77)(H,60,76)(H,61,82)(H,62,83)(H,63,75)(H,64,80)(H,65,81)(H,66,78)(H,67,79)(H,69,70)(H,71,72)(H,73,74)(H,84,85)/t32-,34+,35+,36+,37+,38+,39+,40+,44+,45+,46+/m1/s1. The van der Waals surface area contributed by atoms with Gasteiger partial charge in [0.15, 0.2) is 0 Å². The number of carboxylic acids is 4. The molecule has 0 spiro atoms. The van der Waals surface area contributed by atoms with Gasteiger partial charge in [0.05, 0.1) is 12.1 Å². The van der Waals surface area contributed by atoms with E-state index >= 15 is 0 Å². The minimum atomic E-state index is -2.00. The molecule has 0 aliphatic heterocycles. The number of nitrogens with one attached hydrogen (secondary N) is 9. The number of aliphatic hydroxyl groups excluding tert-OH is 1. The Hall–Kier alpha value is -7.79. The highest BCUT2D eigenvalue weighted by Gasteiger charge is 2.38. The van der Waals surface area contributed by atoms with Crippen LogP contribution in [0.4, 0.5) is 0 Å². The summed E-state index contributed by atoms with van der Waals surface area (Å²) >= 11 is 0. The van der Waals surface area contributed by atoms with Crippen molar-refractivity contribution in [3.63, 3.8) is 0 Å². The highest BCUT2D eigenvalue weighted by atomic mass is 16.4. The maximum absolute atomic E-state index is 14.1. The molecule has 18 N–H and O–H groups in total. The molecule has 0 aliphatic rings. The number of hydrogen-bond donors (Lipinski definition) is 16. The lowest BCUT2D eigenvalue weighted by atomic mass is 9.98. The second-order valence-electron chi connectivity index (χ2n) is 22.5. The van der Waals surface area contributed by atoms with Crippen molar-refractivity contribution >= 4 is 77.0 Å². The average Bonchev–Trinajstić information content (AvgIpc) is 3.63. The molecule has 1 rings (SSSR count). The second-order valence-corrected chi connectivity index (χ2v) is 22.5. The van der Waals surface area contributed by atoms with Crippen LogP contribution in [0.2, 0.25) is 0 Å². The lowest BCUT2D eigenvalue weighted by Crippen LogP contribution is -2.62. The van der Waals surface area contributed by atoms with E-state index in [2.05, 4.69) is 47.9 Å². The van der Waals surface area contributed by atoms with Crippen LogP contribution < -0.4 is 59.3 Å². The van der Waals surface area contributed by atoms with E-state index in [9.17, 15) is 87.9 Å². The van der Waals surface area contributed by atoms with Gasteiger partial charge in [0.25, 0.3) is 0 Å². The Morgan fingerprint density at radius 1 is 0.412 bits per heavy atom. The molecule has 85 heavy (non-hydrogen) atoms. The van der Waals surface area contributed by atoms with E-state index in [-0.39, 0.29) is 50.5 Å². The molecule has 0 aliphatic carbocycles. The SMILES string of the molecule is CC(C)C[C@H](NC(=O)[C@H](CC(C)C)NC(=O)[C@@H](N)Cc1ccccc1)C(=O)N[C@H](C(=O)N[C@@H](CCC(=O)O)C(=O)N[C@H](C(=O)N[C@@H](CCC(=O)O)C(=O)N[C@@H](CCCCN)C(=O)N[C@@H](CCC(=O)O)C(=O)N[C@H](C(=O)O)C(C)C)[C@@H](C)O)C(C)C. The summed E-state index contributed by atoms with van der Waals surface area (Å²) in [5.74, 6) is -16.3. The molecule has 29 nitrogen and oxygen atoms in total. The van der Waals surface area contributed by atoms with Crippen molar-refractivity contribution in [1.29, 1.82) is 0 Å². The summed E-state index contributed by atoms with van der Waals surface area (Å²) in [5.41, 5.74) is 12.7. The van der Waals surface area contributed by atoms with E-state index in [1.54, 1.807) is 52.0 Å². The topological polar surface area (TPSA) is 483 Å². The molecular formula is C56H91N11O18. The van der Waals surface area contributed by atoms with E-state index in [4.69, 9.17) is 11.5 Å². The fourth-order valence-corrected chi connectivity index (χ4v) is 8.57. The highest BCUT2D eigenvalue weighted by molar-refractivity contribution is 5.99. The van der Waals surface area contributed by atoms with Crippen molar-refractivity contribution in [2.75, 3.05) is 6.54 Å². The monoisotopic (exact) mass is 1210 g/mol. The second kappa shape index (κ2) is 38.2. The average molecular weight is 1210 g/mol. The van der Waals surface area contributed by atoms with E-state index < -0.39 is 194 Å². The van der Waals surface area contributed by atoms with Crippen molar-refractivity contribution in [2.24, 2.45) is 35.1 Å². The van der Waals surface area contributed by atoms with Gasteiger partial charge in [-0.2, -0.15) is 0 Å². The summed E-state index contributed by atoms with van der Waals surface area (Å²) in [4.78, 5) is 172. The smallest absolute Gasteiger partial charge is 0.326 e. The Morgan fingerprint density at radius 2 is 0.741 bits per heavy atom. The Labute approximate surface area is 494 Å². The van der Waals surface area contributed by atoms with Crippen LogP contribution in [0, 0.1) is 23.7 Å². The molecule has 1 aromatic rings. The molecule has 0 aromatic heterocycles. The third-order valence-corrected chi connectivity index (χ3v) is 13.3. The quantitative estimate of drug-likeness (QED) is 0.0332. The number of hydrogen-bond acceptors (Lipinski definition) is 16. The van der Waals surface area contributed by atoms with Crippen molar-refractivity contribution < 1.29 is 87.9 Å². The zero-order valence-electron chi connectivity index (χ0n) is 49.9. The minimum absolute atomic E-state index is 0.0586. The molecule has 1 aromatic carbocycles. The van der Waals surface area contributed by atoms with Gasteiger partial charge in [-0.1, -0.05) is 85.7 Å². The Morgan fingerprint density at radius 3 is 1.12 bits per heavy atom. The van der Waals surface area contributed by atoms with E-state index in [1.165, 1.54) is 13.8 Å². The fourth-order valence-electron chi connectivity index (χ4n) is 8.57. The van der Waals surface area contributed by atoms with E-state index in [0.717, 1.165) is 12.5 Å². The molecule has 0 heterocycles. The van der Waals surface area contributed by atoms with Gasteiger partial charge in [-0.25, -0.2) is 4.79 Å². The van der Waals surface area contributed by atoms with Gasteiger partial charge >= 0.3 is 23.9 Å². The molecule has 9 amide bonds. The zero-order valence-corrected chi connectivity index (χ0v) is 49.9. The number of carboxylic acid groups (broad SMARTS) is 4. The molecule has 0 fully saturated rings. The third kappa shape index (κ3) is 29.0. The van der Waals surface area contributed by atoms with Crippen molar-refractivity contribution in [2.45, 2.75) is 206 Å². The fraction of sp³-hybridized carbons (Fsp3) is 0.661. The van der Waals surface area contributed by atoms with Crippen LogP contribution >= 0.6 is 0 Å². The molecule has 0 unspecified atom stereocenters. The summed E-state index contributed by atoms with van der Waals surface area (Å²) in [6.07, 6.45) is -5.04. The number of rotatable bonds is 41. The summed E-state index contributed by atoms with van der Waals surface area (Å²) < 4.78 is 0. The molecule has 0 radical (unpaired) electrons. The normalized spacial score (nSPS) is 15.2. The lowest BCUT2D eigenvalue weighted by molar-refractivity contribution is -0.144. The summed E-state index contributed by atoms with van der Waals surface area (Å²) in [7, 11) is 0. The molecule has 29 heteroatoms. The maximum Gasteiger partial charge on any atom is 0.326 e. The van der Waals surface area contributed by atoms with Crippen LogP contribution in [0.25, 0.3) is 0 Å². The number of aliphatic carboxylic acids is 4. The molecule has 0 bridgehead atoms. The van der Waals surface area contributed by atoms with Gasteiger partial charge in [-0.05, 0) is 100 Å². The number of unbranched alkanes of at least 4 members (excludes halogenated alkanes) is 1. The summed E-state index contributed by atoms with van der Waals surface area (Å²) in [6, 6.07) is -6.10. The van der Waals surface area contributed by atoms with Crippen LogP contribution in [0.15, 0.2) is 30.3 Å². The lowest BCUT2D eigenvalue weighted by Gasteiger charge is -2.30. The first kappa shape index (κ1) is 75.2. The molecule has 0 saturated heterocycles. The predicted molar refractivity (Wildman–Crippen MR) is 307 cm³/mol. The number of carbonyl (C=O) groups excluding carboxylic acids is 9. The van der Waals surface area contributed by atoms with Crippen molar-refractivity contribution in [1.82, 2.24) is 47.9 Å². The van der Waals surface area contributed by atoms with Crippen molar-refractivity contribution in [3.8, 4) is 0 Å². The van der Waals surface area contributed by atoms with Gasteiger partial charge in [0, 0.05) is 19.3 Å². The Bertz CT molecular complexity index is 2420. The number of aliphatic hydroxyl groups is 1. The molecule has 11 atom stereocenters. The third-order valence-electron chi connectivity index (χ3n) is 13.3. The van der Waals surface area contributed by atoms with Gasteiger partial charge in [0.1, 0.15) is 54.4 Å². The number of benzene rings is 1. The Balaban J connectivity index is 3.52. The first-order chi connectivity index (χ1) is 39.7. The molecular weight excluding hydrogens is 1110 g/mol. The van der Waals surface area contributed by atoms with E-state index in [1.807, 2.05) is 19.9 Å². The van der Waals surface area contributed by atoms with Crippen LogP contribution in [-0.2, 0) is 68.7 Å². The summed E-state index contributed by atoms with van der Waals surface area (Å²) in [5, 5.41) is 71.0. The molecule has 478 valence electrons. The Kier molecular flexibility index (Phi) is 33.8. The van der Waals surface area contributed by atoms with Gasteiger partial charge < -0.3 is 84.9 Å². The predicted octanol–water partition coefficient (Wildman–Crippen LogP) is -1.49. The number of amides is 9. The minimum Gasteiger partial charge on any atom is -0.481 e. The van der Waals surface area contributed by atoms with Crippen LogP contribution in [-0.4, -0.2) is 176 Å². The van der Waals surface area contributed by atoms with Crippen LogP contribution in [0.1, 0.15) is 139 Å². The largest absolute Gasteiger partial charge is 0.481 e. The van der Waals surface area contributed by atoms with Gasteiger partial charge in [0.2, 0.25) is 53.2 Å². The number of carbonyl (C=O) groups is 13. The maximum atomic E-state index is 14.1. The van der Waals surface area contributed by atoms with Gasteiger partial charge in [-0.15, -0.1) is 0 Å². The first-order valence-corrected chi connectivity index (χ1v) is 28.5.